The molecule has 0 atom stereocenters. The smallest absolute Gasteiger partial charge is 0.436 e. The second-order valence-electron chi connectivity index (χ2n) is 6.93. The van der Waals surface area contributed by atoms with Crippen molar-refractivity contribution >= 4 is 28.9 Å². The molecule has 0 saturated heterocycles. The molecule has 8 nitrogen and oxygen atoms in total. The monoisotopic (exact) mass is 468 g/mol. The number of aryl methyl sites for hydroxylation is 3. The summed E-state index contributed by atoms with van der Waals surface area (Å²) in [5, 5.41) is 16.0. The number of alkyl halides is 3. The summed E-state index contributed by atoms with van der Waals surface area (Å²) in [5.74, 6) is -0.527. The molecule has 0 fully saturated rings. The van der Waals surface area contributed by atoms with Gasteiger partial charge in [-0.1, -0.05) is 23.7 Å². The lowest BCUT2D eigenvalue weighted by atomic mass is 10.1. The zero-order valence-corrected chi connectivity index (χ0v) is 17.7. The van der Waals surface area contributed by atoms with Crippen molar-refractivity contribution in [2.75, 3.05) is 5.32 Å². The van der Waals surface area contributed by atoms with Crippen LogP contribution in [0.25, 0.3) is 0 Å². The topological polar surface area (TPSA) is 99.3 Å². The van der Waals surface area contributed by atoms with Crippen molar-refractivity contribution in [1.82, 2.24) is 9.78 Å². The number of aromatic nitrogens is 2. The van der Waals surface area contributed by atoms with Crippen molar-refractivity contribution in [3.63, 3.8) is 0 Å². The van der Waals surface area contributed by atoms with E-state index in [9.17, 15) is 28.1 Å². The second-order valence-corrected chi connectivity index (χ2v) is 7.31. The predicted molar refractivity (Wildman–Crippen MR) is 110 cm³/mol. The number of carbonyl (C=O) groups is 1. The summed E-state index contributed by atoms with van der Waals surface area (Å²) in [6.07, 6.45) is -4.86. The lowest BCUT2D eigenvalue weighted by molar-refractivity contribution is -0.384. The molecule has 2 aromatic carbocycles. The van der Waals surface area contributed by atoms with Gasteiger partial charge >= 0.3 is 6.18 Å². The number of nitro benzene ring substituents is 1. The fourth-order valence-electron chi connectivity index (χ4n) is 2.88. The van der Waals surface area contributed by atoms with Gasteiger partial charge in [0.15, 0.2) is 5.69 Å². The molecule has 0 radical (unpaired) electrons. The molecule has 0 aliphatic carbocycles. The summed E-state index contributed by atoms with van der Waals surface area (Å²) >= 11 is 5.73. The molecule has 0 spiro atoms. The fraction of sp³-hybridized carbons (Fsp3) is 0.200. The van der Waals surface area contributed by atoms with Crippen molar-refractivity contribution in [3.05, 3.63) is 74.0 Å². The first-order valence-corrected chi connectivity index (χ1v) is 9.40. The van der Waals surface area contributed by atoms with Crippen LogP contribution < -0.4 is 10.1 Å². The Balaban J connectivity index is 1.96. The maximum absolute atomic E-state index is 13.0. The summed E-state index contributed by atoms with van der Waals surface area (Å²) in [7, 11) is 1.12. The van der Waals surface area contributed by atoms with Gasteiger partial charge in [0, 0.05) is 19.2 Å². The maximum Gasteiger partial charge on any atom is 0.436 e. The van der Waals surface area contributed by atoms with E-state index in [0.29, 0.717) is 10.4 Å². The van der Waals surface area contributed by atoms with Crippen LogP contribution in [0.1, 0.15) is 27.3 Å². The second kappa shape index (κ2) is 8.50. The van der Waals surface area contributed by atoms with Gasteiger partial charge in [0.25, 0.3) is 11.6 Å². The first kappa shape index (κ1) is 23.1. The van der Waals surface area contributed by atoms with E-state index in [0.717, 1.165) is 30.3 Å². The van der Waals surface area contributed by atoms with Crippen LogP contribution in [0, 0.1) is 24.0 Å². The number of benzene rings is 2. The van der Waals surface area contributed by atoms with Crippen LogP contribution in [-0.4, -0.2) is 20.6 Å². The Morgan fingerprint density at radius 3 is 2.50 bits per heavy atom. The van der Waals surface area contributed by atoms with Crippen molar-refractivity contribution < 1.29 is 27.6 Å². The van der Waals surface area contributed by atoms with Crippen molar-refractivity contribution in [2.24, 2.45) is 7.05 Å². The Morgan fingerprint density at radius 2 is 1.91 bits per heavy atom. The highest BCUT2D eigenvalue weighted by molar-refractivity contribution is 6.34. The molecule has 0 unspecified atom stereocenters. The largest absolute Gasteiger partial charge is 0.457 e. The van der Waals surface area contributed by atoms with Gasteiger partial charge in [-0.2, -0.15) is 18.3 Å². The van der Waals surface area contributed by atoms with Crippen LogP contribution in [0.2, 0.25) is 5.02 Å². The lowest BCUT2D eigenvalue weighted by Gasteiger charge is -2.12. The molecule has 12 heteroatoms. The normalized spacial score (nSPS) is 11.3. The molecule has 168 valence electrons. The molecule has 32 heavy (non-hydrogen) atoms. The number of hydrogen-bond donors (Lipinski definition) is 1. The Kier molecular flexibility index (Phi) is 6.13. The molecule has 1 heterocycles. The molecule has 3 aromatic rings. The zero-order chi connectivity index (χ0) is 23.8. The molecule has 0 aliphatic heterocycles. The Labute approximate surface area is 184 Å². The number of amides is 1. The summed E-state index contributed by atoms with van der Waals surface area (Å²) in [4.78, 5) is 23.3. The number of rotatable bonds is 5. The highest BCUT2D eigenvalue weighted by atomic mass is 35.5. The van der Waals surface area contributed by atoms with Gasteiger partial charge in [0.1, 0.15) is 22.2 Å². The van der Waals surface area contributed by atoms with Gasteiger partial charge in [-0.3, -0.25) is 19.6 Å². The lowest BCUT2D eigenvalue weighted by Crippen LogP contribution is -2.16. The molecule has 1 amide bonds. The number of nitro groups is 1. The molecule has 0 aliphatic rings. The van der Waals surface area contributed by atoms with Crippen LogP contribution in [0.15, 0.2) is 36.4 Å². The van der Waals surface area contributed by atoms with Gasteiger partial charge < -0.3 is 10.1 Å². The summed E-state index contributed by atoms with van der Waals surface area (Å²) in [5.41, 5.74) is -0.761. The van der Waals surface area contributed by atoms with Gasteiger partial charge in [-0.25, -0.2) is 0 Å². The highest BCUT2D eigenvalue weighted by Crippen LogP contribution is 2.36. The summed E-state index contributed by atoms with van der Waals surface area (Å²) < 4.78 is 45.5. The Morgan fingerprint density at radius 1 is 1.22 bits per heavy atom. The summed E-state index contributed by atoms with van der Waals surface area (Å²) in [6, 6.07) is 8.93. The van der Waals surface area contributed by atoms with Crippen LogP contribution in [-0.2, 0) is 13.2 Å². The van der Waals surface area contributed by atoms with Crippen molar-refractivity contribution in [2.45, 2.75) is 20.0 Å². The van der Waals surface area contributed by atoms with E-state index < -0.39 is 39.1 Å². The SMILES string of the molecule is Cc1ccc(C)c(Oc2cc(NC(=O)c3c(Cl)c(C(F)(F)F)nn3C)cc([N+](=O)[O-])c2)c1. The standard InChI is InChI=1S/C20H16ClF3N4O4/c1-10-4-5-11(2)15(6-10)32-14-8-12(7-13(9-14)28(30)31)25-19(29)17-16(21)18(20(22,23)24)26-27(17)3/h4-9H,1-3H3,(H,25,29). The molecular formula is C20H16ClF3N4O4. The van der Waals surface area contributed by atoms with Crippen LogP contribution in [0.5, 0.6) is 11.5 Å². The van der Waals surface area contributed by atoms with Gasteiger partial charge in [-0.15, -0.1) is 0 Å². The van der Waals surface area contributed by atoms with E-state index in [-0.39, 0.29) is 11.4 Å². The molecule has 1 N–H and O–H groups in total. The molecule has 0 saturated carbocycles. The third-order valence-electron chi connectivity index (χ3n) is 4.40. The van der Waals surface area contributed by atoms with Gasteiger partial charge in [0.05, 0.1) is 16.7 Å². The zero-order valence-electron chi connectivity index (χ0n) is 17.0. The van der Waals surface area contributed by atoms with Crippen LogP contribution >= 0.6 is 11.6 Å². The van der Waals surface area contributed by atoms with E-state index in [1.807, 2.05) is 19.1 Å². The van der Waals surface area contributed by atoms with E-state index in [4.69, 9.17) is 16.3 Å². The van der Waals surface area contributed by atoms with E-state index in [2.05, 4.69) is 10.4 Å². The minimum absolute atomic E-state index is 0.0512. The number of carbonyl (C=O) groups excluding carboxylic acids is 1. The number of hydrogen-bond acceptors (Lipinski definition) is 5. The van der Waals surface area contributed by atoms with Crippen LogP contribution in [0.4, 0.5) is 24.5 Å². The van der Waals surface area contributed by atoms with Crippen molar-refractivity contribution in [1.29, 1.82) is 0 Å². The number of non-ortho nitro benzene ring substituents is 1. The molecule has 3 rings (SSSR count). The van der Waals surface area contributed by atoms with Crippen molar-refractivity contribution in [3.8, 4) is 11.5 Å². The maximum atomic E-state index is 13.0. The number of halogens is 4. The summed E-state index contributed by atoms with van der Waals surface area (Å²) in [6.45, 7) is 3.63. The highest BCUT2D eigenvalue weighted by Gasteiger charge is 2.39. The quantitative estimate of drug-likeness (QED) is 0.384. The first-order chi connectivity index (χ1) is 14.9. The number of ether oxygens (including phenoxy) is 1. The van der Waals surface area contributed by atoms with Gasteiger partial charge in [-0.05, 0) is 31.0 Å². The fourth-order valence-corrected chi connectivity index (χ4v) is 3.23. The predicted octanol–water partition coefficient (Wildman–Crippen LogP) is 5.66. The average Bonchev–Trinajstić information content (AvgIpc) is 2.99. The van der Waals surface area contributed by atoms with E-state index in [1.54, 1.807) is 13.0 Å². The van der Waals surface area contributed by atoms with Gasteiger partial charge in [0.2, 0.25) is 0 Å². The number of nitrogens with one attached hydrogen (secondary N) is 1. The van der Waals surface area contributed by atoms with E-state index >= 15 is 0 Å². The average molecular weight is 469 g/mol. The minimum Gasteiger partial charge on any atom is -0.457 e. The first-order valence-electron chi connectivity index (χ1n) is 9.02. The third-order valence-corrected chi connectivity index (χ3v) is 4.76. The van der Waals surface area contributed by atoms with E-state index in [1.165, 1.54) is 6.07 Å². The minimum atomic E-state index is -4.86. The van der Waals surface area contributed by atoms with Crippen LogP contribution in [0.3, 0.4) is 0 Å². The molecular weight excluding hydrogens is 453 g/mol. The Bertz CT molecular complexity index is 1220. The number of anilines is 1. The molecule has 0 bridgehead atoms. The number of nitrogens with zero attached hydrogens (tertiary/aromatic N) is 3. The Hall–Kier alpha value is -3.60. The third kappa shape index (κ3) is 4.83. The molecule has 1 aromatic heterocycles.